The first kappa shape index (κ1) is 26.7. The molecule has 1 heterocycles. The van der Waals surface area contributed by atoms with Crippen LogP contribution in [0, 0.1) is 0 Å². The predicted octanol–water partition coefficient (Wildman–Crippen LogP) is 4.94. The lowest BCUT2D eigenvalue weighted by molar-refractivity contribution is -0.122. The summed E-state index contributed by atoms with van der Waals surface area (Å²) in [6, 6.07) is 23.2. The normalized spacial score (nSPS) is 15.1. The number of hydrogen-bond donors (Lipinski definition) is 1. The smallest absolute Gasteiger partial charge is 0.243 e. The second-order valence-electron chi connectivity index (χ2n) is 9.47. The fourth-order valence-corrected chi connectivity index (χ4v) is 5.84. The molecule has 0 radical (unpaired) electrons. The highest BCUT2D eigenvalue weighted by molar-refractivity contribution is 7.92. The molecule has 1 aliphatic heterocycles. The summed E-state index contributed by atoms with van der Waals surface area (Å²) in [6.45, 7) is 4.99. The largest absolute Gasteiger partial charge is 0.457 e. The van der Waals surface area contributed by atoms with Crippen LogP contribution >= 0.6 is 0 Å². The number of likely N-dealkylation sites (tertiary alicyclic amines) is 1. The average molecular weight is 522 g/mol. The molecule has 1 N–H and O–H groups in total. The molecule has 8 heteroatoms. The monoisotopic (exact) mass is 521 g/mol. The second kappa shape index (κ2) is 12.3. The lowest BCUT2D eigenvalue weighted by Gasteiger charge is -2.29. The maximum Gasteiger partial charge on any atom is 0.243 e. The van der Waals surface area contributed by atoms with Crippen molar-refractivity contribution in [2.24, 2.45) is 0 Å². The number of piperidine rings is 1. The highest BCUT2D eigenvalue weighted by Crippen LogP contribution is 2.27. The zero-order valence-corrected chi connectivity index (χ0v) is 22.3. The van der Waals surface area contributed by atoms with Crippen molar-refractivity contribution in [1.29, 1.82) is 0 Å². The molecule has 0 bridgehead atoms. The topological polar surface area (TPSA) is 79.0 Å². The van der Waals surface area contributed by atoms with E-state index in [2.05, 4.69) is 16.3 Å². The van der Waals surface area contributed by atoms with Crippen molar-refractivity contribution in [2.45, 2.75) is 45.3 Å². The molecule has 0 aliphatic carbocycles. The number of nitrogens with zero attached hydrogens (tertiary/aromatic N) is 2. The molecule has 7 nitrogen and oxygen atoms in total. The predicted molar refractivity (Wildman–Crippen MR) is 147 cm³/mol. The Balaban J connectivity index is 1.43. The summed E-state index contributed by atoms with van der Waals surface area (Å²) in [5, 5.41) is 2.95. The van der Waals surface area contributed by atoms with E-state index in [-0.39, 0.29) is 5.91 Å². The Morgan fingerprint density at radius 3 is 2.14 bits per heavy atom. The van der Waals surface area contributed by atoms with E-state index in [1.165, 1.54) is 24.8 Å². The van der Waals surface area contributed by atoms with Gasteiger partial charge in [0, 0.05) is 13.1 Å². The number of ether oxygens (including phenoxy) is 1. The minimum atomic E-state index is -3.72. The third-order valence-corrected chi connectivity index (χ3v) is 7.81. The lowest BCUT2D eigenvalue weighted by Crippen LogP contribution is -2.47. The Labute approximate surface area is 220 Å². The molecule has 0 saturated carbocycles. The van der Waals surface area contributed by atoms with Gasteiger partial charge in [0.1, 0.15) is 17.5 Å². The van der Waals surface area contributed by atoms with Gasteiger partial charge in [0.2, 0.25) is 15.9 Å². The van der Waals surface area contributed by atoms with Crippen molar-refractivity contribution < 1.29 is 17.9 Å². The molecule has 1 fully saturated rings. The van der Waals surface area contributed by atoms with Gasteiger partial charge in [-0.1, -0.05) is 48.9 Å². The molecule has 0 unspecified atom stereocenters. The first-order valence-electron chi connectivity index (χ1n) is 12.7. The number of anilines is 1. The van der Waals surface area contributed by atoms with E-state index in [0.717, 1.165) is 35.8 Å². The van der Waals surface area contributed by atoms with Crippen LogP contribution in [0.25, 0.3) is 0 Å². The van der Waals surface area contributed by atoms with Crippen LogP contribution in [0.1, 0.15) is 37.3 Å². The Hall–Kier alpha value is -3.36. The van der Waals surface area contributed by atoms with Crippen LogP contribution in [0.15, 0.2) is 78.9 Å². The summed E-state index contributed by atoms with van der Waals surface area (Å²) >= 11 is 0. The van der Waals surface area contributed by atoms with Crippen molar-refractivity contribution in [2.75, 3.05) is 23.7 Å². The first-order chi connectivity index (χ1) is 17.8. The van der Waals surface area contributed by atoms with Crippen molar-refractivity contribution in [3.8, 4) is 11.5 Å². The zero-order chi connectivity index (χ0) is 26.3. The molecule has 3 aromatic rings. The maximum atomic E-state index is 13.1. The standard InChI is InChI=1S/C29H35N3O4S/c1-23(29(33)30-21-24-11-7-8-12-25(24)22-31-19-9-4-10-20-31)32(37(2,34)35)26-15-17-28(18-16-26)36-27-13-5-3-6-14-27/h3,5-8,11-18,23H,4,9-10,19-22H2,1-2H3,(H,30,33)/t23-/m1/s1. The highest BCUT2D eigenvalue weighted by Gasteiger charge is 2.29. The number of sulfonamides is 1. The van der Waals surface area contributed by atoms with Crippen molar-refractivity contribution >= 4 is 21.6 Å². The van der Waals surface area contributed by atoms with Crippen LogP contribution < -0.4 is 14.4 Å². The third kappa shape index (κ3) is 7.33. The molecule has 37 heavy (non-hydrogen) atoms. The van der Waals surface area contributed by atoms with E-state index < -0.39 is 16.1 Å². The summed E-state index contributed by atoms with van der Waals surface area (Å²) in [4.78, 5) is 15.6. The molecule has 0 aromatic heterocycles. The third-order valence-electron chi connectivity index (χ3n) is 6.57. The van der Waals surface area contributed by atoms with E-state index in [1.54, 1.807) is 31.2 Å². The number of carbonyl (C=O) groups excluding carboxylic acids is 1. The Morgan fingerprint density at radius 2 is 1.49 bits per heavy atom. The van der Waals surface area contributed by atoms with E-state index in [0.29, 0.717) is 23.7 Å². The number of benzene rings is 3. The van der Waals surface area contributed by atoms with E-state index in [9.17, 15) is 13.2 Å². The van der Waals surface area contributed by atoms with E-state index in [4.69, 9.17) is 4.74 Å². The molecule has 0 spiro atoms. The lowest BCUT2D eigenvalue weighted by atomic mass is 10.0. The van der Waals surface area contributed by atoms with E-state index >= 15 is 0 Å². The summed E-state index contributed by atoms with van der Waals surface area (Å²) in [6.07, 6.45) is 4.83. The van der Waals surface area contributed by atoms with Crippen LogP contribution in [0.2, 0.25) is 0 Å². The van der Waals surface area contributed by atoms with Gasteiger partial charge >= 0.3 is 0 Å². The molecule has 196 valence electrons. The SMILES string of the molecule is C[C@H](C(=O)NCc1ccccc1CN1CCCCC1)N(c1ccc(Oc2ccccc2)cc1)S(C)(=O)=O. The fourth-order valence-electron chi connectivity index (χ4n) is 4.67. The minimum absolute atomic E-state index is 0.342. The Kier molecular flexibility index (Phi) is 8.84. The van der Waals surface area contributed by atoms with E-state index in [1.807, 2.05) is 48.5 Å². The maximum absolute atomic E-state index is 13.1. The molecular formula is C29H35N3O4S. The van der Waals surface area contributed by atoms with Gasteiger partial charge < -0.3 is 10.1 Å². The van der Waals surface area contributed by atoms with Crippen molar-refractivity contribution in [1.82, 2.24) is 10.2 Å². The van der Waals surface area contributed by atoms with Crippen LogP contribution in [0.3, 0.4) is 0 Å². The number of para-hydroxylation sites is 1. The molecule has 1 amide bonds. The van der Waals surface area contributed by atoms with Gasteiger partial charge in [0.25, 0.3) is 0 Å². The van der Waals surface area contributed by atoms with Crippen molar-refractivity contribution in [3.63, 3.8) is 0 Å². The van der Waals surface area contributed by atoms with Gasteiger partial charge in [0.15, 0.2) is 0 Å². The molecular weight excluding hydrogens is 486 g/mol. The fraction of sp³-hybridized carbons (Fsp3) is 0.345. The number of amides is 1. The van der Waals surface area contributed by atoms with Gasteiger partial charge in [-0.25, -0.2) is 8.42 Å². The van der Waals surface area contributed by atoms with Crippen LogP contribution in [-0.2, 0) is 27.9 Å². The van der Waals surface area contributed by atoms with Gasteiger partial charge in [0.05, 0.1) is 11.9 Å². The number of hydrogen-bond acceptors (Lipinski definition) is 5. The van der Waals surface area contributed by atoms with Crippen LogP contribution in [0.4, 0.5) is 5.69 Å². The van der Waals surface area contributed by atoms with Gasteiger partial charge in [-0.2, -0.15) is 0 Å². The van der Waals surface area contributed by atoms with Crippen LogP contribution in [0.5, 0.6) is 11.5 Å². The summed E-state index contributed by atoms with van der Waals surface area (Å²) in [5.41, 5.74) is 2.63. The average Bonchev–Trinajstić information content (AvgIpc) is 2.89. The summed E-state index contributed by atoms with van der Waals surface area (Å²) in [5.74, 6) is 0.900. The second-order valence-corrected chi connectivity index (χ2v) is 11.3. The molecule has 1 saturated heterocycles. The highest BCUT2D eigenvalue weighted by atomic mass is 32.2. The molecule has 3 aromatic carbocycles. The minimum Gasteiger partial charge on any atom is -0.457 e. The number of nitrogens with one attached hydrogen (secondary N) is 1. The van der Waals surface area contributed by atoms with Gasteiger partial charge in [-0.05, 0) is 80.4 Å². The molecule has 4 rings (SSSR count). The first-order valence-corrected chi connectivity index (χ1v) is 14.6. The van der Waals surface area contributed by atoms with Gasteiger partial charge in [-0.15, -0.1) is 0 Å². The zero-order valence-electron chi connectivity index (χ0n) is 21.5. The molecule has 1 aliphatic rings. The quantitative estimate of drug-likeness (QED) is 0.409. The molecule has 1 atom stereocenters. The number of carbonyl (C=O) groups is 1. The summed E-state index contributed by atoms with van der Waals surface area (Å²) in [7, 11) is -3.72. The Bertz CT molecular complexity index is 1270. The van der Waals surface area contributed by atoms with Gasteiger partial charge in [-0.3, -0.25) is 14.0 Å². The van der Waals surface area contributed by atoms with Crippen LogP contribution in [-0.4, -0.2) is 44.6 Å². The summed E-state index contributed by atoms with van der Waals surface area (Å²) < 4.78 is 32.4. The van der Waals surface area contributed by atoms with Crippen molar-refractivity contribution in [3.05, 3.63) is 90.0 Å². The number of rotatable bonds is 10. The Morgan fingerprint density at radius 1 is 0.892 bits per heavy atom.